The summed E-state index contributed by atoms with van der Waals surface area (Å²) >= 11 is 0. The Hall–Kier alpha value is -2.65. The molecule has 6 unspecified atom stereocenters. The first kappa shape index (κ1) is 37.3. The van der Waals surface area contributed by atoms with Crippen LogP contribution in [0.2, 0.25) is 0 Å². The number of hydrogen-bond donors (Lipinski definition) is 0. The molecule has 6 aliphatic carbocycles. The maximum absolute atomic E-state index is 12.4. The summed E-state index contributed by atoms with van der Waals surface area (Å²) in [6, 6.07) is 9.07. The van der Waals surface area contributed by atoms with Crippen molar-refractivity contribution in [3.63, 3.8) is 0 Å². The lowest BCUT2D eigenvalue weighted by molar-refractivity contribution is -0.237. The summed E-state index contributed by atoms with van der Waals surface area (Å²) in [7, 11) is 4.99. The van der Waals surface area contributed by atoms with E-state index in [1.165, 1.54) is 54.4 Å². The van der Waals surface area contributed by atoms with E-state index in [1.807, 2.05) is 0 Å². The van der Waals surface area contributed by atoms with E-state index >= 15 is 0 Å². The molecule has 5 fully saturated rings. The number of carbonyl (C=O) groups is 1. The van der Waals surface area contributed by atoms with Gasteiger partial charge in [0.2, 0.25) is 0 Å². The summed E-state index contributed by atoms with van der Waals surface area (Å²) in [6.45, 7) is 8.98. The number of aryl methyl sites for hydroxylation is 3. The van der Waals surface area contributed by atoms with E-state index in [1.54, 1.807) is 26.9 Å². The molecule has 2 aromatic carbocycles. The Labute approximate surface area is 316 Å². The number of fused-ring (bicyclic) bond motifs is 11. The van der Waals surface area contributed by atoms with Gasteiger partial charge in [-0.25, -0.2) is 0 Å². The molecule has 0 bridgehead atoms. The van der Waals surface area contributed by atoms with E-state index in [-0.39, 0.29) is 23.4 Å². The third-order valence-electron chi connectivity index (χ3n) is 15.5. The molecule has 1 saturated heterocycles. The van der Waals surface area contributed by atoms with Gasteiger partial charge in [-0.05, 0) is 152 Å². The smallest absolute Gasteiger partial charge is 0.188 e. The van der Waals surface area contributed by atoms with Crippen molar-refractivity contribution in [2.45, 2.75) is 122 Å². The number of ether oxygens (including phenoxy) is 7. The number of carbonyl (C=O) groups excluding carboxylic acids is 1. The lowest BCUT2D eigenvalue weighted by atomic mass is 9.54. The molecule has 2 aromatic rings. The normalized spacial score (nSPS) is 34.5. The highest BCUT2D eigenvalue weighted by Gasteiger charge is 2.65. The second-order valence-electron chi connectivity index (χ2n) is 17.5. The van der Waals surface area contributed by atoms with Crippen LogP contribution in [0.4, 0.5) is 0 Å². The number of ketones is 1. The van der Waals surface area contributed by atoms with Gasteiger partial charge in [0.1, 0.15) is 11.5 Å². The van der Waals surface area contributed by atoms with Crippen LogP contribution in [0.3, 0.4) is 0 Å². The Morgan fingerprint density at radius 3 is 1.96 bits per heavy atom. The van der Waals surface area contributed by atoms with E-state index in [0.717, 1.165) is 87.7 Å². The van der Waals surface area contributed by atoms with E-state index in [9.17, 15) is 4.79 Å². The van der Waals surface area contributed by atoms with Crippen LogP contribution < -0.4 is 14.2 Å². The number of methoxy groups -OCH3 is 3. The van der Waals surface area contributed by atoms with Crippen molar-refractivity contribution >= 4 is 5.78 Å². The van der Waals surface area contributed by atoms with E-state index < -0.39 is 0 Å². The number of hydrogen-bond acceptors (Lipinski definition) is 8. The van der Waals surface area contributed by atoms with Gasteiger partial charge in [0.25, 0.3) is 0 Å². The molecular formula is C45H62O8. The van der Waals surface area contributed by atoms with Crippen LogP contribution in [0.25, 0.3) is 0 Å². The predicted octanol–water partition coefficient (Wildman–Crippen LogP) is 8.93. The van der Waals surface area contributed by atoms with Crippen molar-refractivity contribution in [1.29, 1.82) is 0 Å². The lowest BCUT2D eigenvalue weighted by Crippen LogP contribution is -2.51. The van der Waals surface area contributed by atoms with Crippen molar-refractivity contribution in [3.05, 3.63) is 52.1 Å². The Balaban J connectivity index is 0.000000152. The van der Waals surface area contributed by atoms with Gasteiger partial charge < -0.3 is 33.2 Å². The van der Waals surface area contributed by atoms with Gasteiger partial charge in [-0.2, -0.15) is 0 Å². The molecule has 0 aromatic heterocycles. The summed E-state index contributed by atoms with van der Waals surface area (Å²) in [5.41, 5.74) is 7.31. The van der Waals surface area contributed by atoms with Crippen LogP contribution in [0, 0.1) is 34.5 Å². The van der Waals surface area contributed by atoms with Crippen LogP contribution >= 0.6 is 0 Å². The second-order valence-corrected chi connectivity index (χ2v) is 17.5. The van der Waals surface area contributed by atoms with Gasteiger partial charge in [-0.1, -0.05) is 26.8 Å². The average Bonchev–Trinajstić information content (AvgIpc) is 3.87. The highest BCUT2D eigenvalue weighted by atomic mass is 16.7. The molecule has 7 aliphatic rings. The Kier molecular flexibility index (Phi) is 10.4. The third-order valence-corrected chi connectivity index (χ3v) is 15.5. The van der Waals surface area contributed by atoms with Crippen molar-refractivity contribution in [2.75, 3.05) is 48.1 Å². The molecule has 0 radical (unpaired) electrons. The first-order valence-corrected chi connectivity index (χ1v) is 20.6. The molecule has 8 heteroatoms. The van der Waals surface area contributed by atoms with Gasteiger partial charge in [0, 0.05) is 37.9 Å². The fourth-order valence-electron chi connectivity index (χ4n) is 12.8. The zero-order valence-corrected chi connectivity index (χ0v) is 33.1. The van der Waals surface area contributed by atoms with Crippen molar-refractivity contribution < 1.29 is 38.0 Å². The van der Waals surface area contributed by atoms with Gasteiger partial charge in [0.15, 0.2) is 30.9 Å². The lowest BCUT2D eigenvalue weighted by Gasteiger charge is -2.52. The monoisotopic (exact) mass is 730 g/mol. The molecule has 8 atom stereocenters. The predicted molar refractivity (Wildman–Crippen MR) is 203 cm³/mol. The molecule has 8 nitrogen and oxygen atoms in total. The number of rotatable bonds is 8. The molecule has 1 aliphatic heterocycles. The Morgan fingerprint density at radius 1 is 0.679 bits per heavy atom. The third kappa shape index (κ3) is 6.13. The first-order chi connectivity index (χ1) is 25.7. The van der Waals surface area contributed by atoms with Crippen molar-refractivity contribution in [1.82, 2.24) is 0 Å². The molecule has 0 N–H and O–H groups in total. The van der Waals surface area contributed by atoms with Gasteiger partial charge in [-0.15, -0.1) is 0 Å². The molecule has 290 valence electrons. The maximum Gasteiger partial charge on any atom is 0.188 e. The molecule has 1 spiro atoms. The van der Waals surface area contributed by atoms with E-state index in [4.69, 9.17) is 33.2 Å². The average molecular weight is 731 g/mol. The summed E-state index contributed by atoms with van der Waals surface area (Å²) < 4.78 is 39.8. The SMILES string of the molecule is CCc1cc2c(cc1OCOC)CCC1C2CC[C@@]2(C)C1CCC21OCCO1.COCOc1cc2c(cc1OC)C1CC[C@]3(C)C(=O)CCC3C1CC2. The molecule has 9 rings (SSSR count). The summed E-state index contributed by atoms with van der Waals surface area (Å²) in [5.74, 6) is 6.66. The van der Waals surface area contributed by atoms with Gasteiger partial charge in [0.05, 0.1) is 20.3 Å². The highest BCUT2D eigenvalue weighted by Crippen LogP contribution is 2.66. The van der Waals surface area contributed by atoms with Crippen molar-refractivity contribution in [2.24, 2.45) is 34.5 Å². The molecule has 53 heavy (non-hydrogen) atoms. The second kappa shape index (κ2) is 14.8. The summed E-state index contributed by atoms with van der Waals surface area (Å²) in [6.07, 6.45) is 14.5. The number of benzene rings is 2. The standard InChI is InChI=1S/C24H34O4.C21H28O4/c1-4-16-13-20-17(14-22(16)26-15-25-3)5-6-19-18(20)7-9-23(2)21(19)8-10-24(23)27-11-12-28-24;1-21-9-8-14-15(17(21)6-7-20(21)22)5-4-13-10-19(25-12-23-2)18(24-3)11-16(13)14/h13-14,18-19,21H,4-12,15H2,1-3H3;10-11,14-15,17H,4-9,12H2,1-3H3/t18?,19?,21?,23-;14?,15?,17?,21-/m00/s1. The fraction of sp³-hybridized carbons (Fsp3) is 0.711. The maximum atomic E-state index is 12.4. The Bertz CT molecular complexity index is 1660. The summed E-state index contributed by atoms with van der Waals surface area (Å²) in [5, 5.41) is 0. The van der Waals surface area contributed by atoms with Crippen molar-refractivity contribution in [3.8, 4) is 17.2 Å². The minimum Gasteiger partial charge on any atom is -0.493 e. The zero-order chi connectivity index (χ0) is 37.0. The number of Topliss-reactive ketones (excluding diaryl/α,β-unsaturated/α-hetero) is 1. The minimum absolute atomic E-state index is 0.0652. The van der Waals surface area contributed by atoms with Gasteiger partial charge in [-0.3, -0.25) is 4.79 Å². The van der Waals surface area contributed by atoms with Crippen LogP contribution in [-0.4, -0.2) is 59.7 Å². The molecular weight excluding hydrogens is 668 g/mol. The summed E-state index contributed by atoms with van der Waals surface area (Å²) in [4.78, 5) is 12.4. The quantitative estimate of drug-likeness (QED) is 0.249. The Morgan fingerprint density at radius 2 is 1.30 bits per heavy atom. The molecule has 4 saturated carbocycles. The zero-order valence-electron chi connectivity index (χ0n) is 33.1. The van der Waals surface area contributed by atoms with E-state index in [0.29, 0.717) is 42.2 Å². The van der Waals surface area contributed by atoms with Gasteiger partial charge >= 0.3 is 0 Å². The highest BCUT2D eigenvalue weighted by molar-refractivity contribution is 5.87. The first-order valence-electron chi connectivity index (χ1n) is 20.6. The van der Waals surface area contributed by atoms with Crippen LogP contribution in [0.15, 0.2) is 24.3 Å². The minimum atomic E-state index is -0.296. The van der Waals surface area contributed by atoms with E-state index in [2.05, 4.69) is 45.0 Å². The topological polar surface area (TPSA) is 81.7 Å². The molecule has 1 heterocycles. The van der Waals surface area contributed by atoms with Crippen LogP contribution in [0.5, 0.6) is 17.2 Å². The fourth-order valence-corrected chi connectivity index (χ4v) is 12.8. The van der Waals surface area contributed by atoms with Crippen LogP contribution in [0.1, 0.15) is 125 Å². The largest absolute Gasteiger partial charge is 0.493 e. The van der Waals surface area contributed by atoms with Crippen LogP contribution in [-0.2, 0) is 43.0 Å². The molecule has 0 amide bonds.